The van der Waals surface area contributed by atoms with Crippen LogP contribution in [0.2, 0.25) is 5.02 Å². The van der Waals surface area contributed by atoms with E-state index < -0.39 is 0 Å². The van der Waals surface area contributed by atoms with E-state index in [-0.39, 0.29) is 10.6 Å². The molecular formula is C16H17ClN2O. The summed E-state index contributed by atoms with van der Waals surface area (Å²) >= 11 is 5.74. The lowest BCUT2D eigenvalue weighted by atomic mass is 10.1. The highest BCUT2D eigenvalue weighted by Gasteiger charge is 2.10. The quantitative estimate of drug-likeness (QED) is 0.915. The third-order valence-electron chi connectivity index (χ3n) is 3.76. The summed E-state index contributed by atoms with van der Waals surface area (Å²) in [7, 11) is 0. The van der Waals surface area contributed by atoms with Crippen LogP contribution in [0.5, 0.6) is 0 Å². The Morgan fingerprint density at radius 3 is 2.30 bits per heavy atom. The lowest BCUT2D eigenvalue weighted by Gasteiger charge is -2.28. The van der Waals surface area contributed by atoms with E-state index in [2.05, 4.69) is 22.0 Å². The Bertz CT molecular complexity index is 642. The third-order valence-corrected chi connectivity index (χ3v) is 4.06. The van der Waals surface area contributed by atoms with Crippen LogP contribution in [-0.4, -0.2) is 18.1 Å². The van der Waals surface area contributed by atoms with Crippen molar-refractivity contribution in [3.05, 3.63) is 51.8 Å². The highest BCUT2D eigenvalue weighted by Crippen LogP contribution is 2.24. The number of aromatic amines is 1. The molecular weight excluding hydrogens is 272 g/mol. The molecule has 1 aromatic carbocycles. The minimum absolute atomic E-state index is 0.221. The third kappa shape index (κ3) is 2.73. The van der Waals surface area contributed by atoms with Crippen molar-refractivity contribution >= 4 is 17.3 Å². The van der Waals surface area contributed by atoms with Gasteiger partial charge in [-0.05, 0) is 49.1 Å². The Morgan fingerprint density at radius 2 is 1.65 bits per heavy atom. The smallest absolute Gasteiger partial charge is 0.267 e. The zero-order valence-corrected chi connectivity index (χ0v) is 12.0. The standard InChI is InChI=1S/C16H17ClN2O/c17-14-8-9-15(18-16(14)20)12-4-6-13(7-5-12)19-10-2-1-3-11-19/h4-9H,1-3,10-11H2,(H,18,20). The second-order valence-electron chi connectivity index (χ2n) is 5.14. The molecule has 3 nitrogen and oxygen atoms in total. The van der Waals surface area contributed by atoms with Crippen LogP contribution in [0.15, 0.2) is 41.2 Å². The van der Waals surface area contributed by atoms with E-state index in [0.717, 1.165) is 24.3 Å². The molecule has 1 aromatic heterocycles. The maximum atomic E-state index is 11.5. The lowest BCUT2D eigenvalue weighted by molar-refractivity contribution is 0.578. The summed E-state index contributed by atoms with van der Waals surface area (Å²) in [6.07, 6.45) is 3.87. The zero-order valence-electron chi connectivity index (χ0n) is 11.2. The number of nitrogens with one attached hydrogen (secondary N) is 1. The van der Waals surface area contributed by atoms with E-state index in [1.165, 1.54) is 24.9 Å². The van der Waals surface area contributed by atoms with Gasteiger partial charge in [0.05, 0.1) is 0 Å². The Balaban J connectivity index is 1.85. The summed E-state index contributed by atoms with van der Waals surface area (Å²) in [6.45, 7) is 2.27. The highest BCUT2D eigenvalue weighted by molar-refractivity contribution is 6.30. The van der Waals surface area contributed by atoms with Crippen LogP contribution in [0.3, 0.4) is 0 Å². The summed E-state index contributed by atoms with van der Waals surface area (Å²) in [5.74, 6) is 0. The summed E-state index contributed by atoms with van der Waals surface area (Å²) < 4.78 is 0. The van der Waals surface area contributed by atoms with Crippen LogP contribution >= 0.6 is 11.6 Å². The molecule has 0 aliphatic carbocycles. The van der Waals surface area contributed by atoms with Crippen LogP contribution < -0.4 is 10.5 Å². The first-order chi connectivity index (χ1) is 9.74. The van der Waals surface area contributed by atoms with Crippen molar-refractivity contribution in [1.29, 1.82) is 0 Å². The largest absolute Gasteiger partial charge is 0.372 e. The van der Waals surface area contributed by atoms with Crippen molar-refractivity contribution in [2.75, 3.05) is 18.0 Å². The number of piperidine rings is 1. The minimum atomic E-state index is -0.246. The van der Waals surface area contributed by atoms with Crippen LogP contribution in [0.25, 0.3) is 11.3 Å². The first-order valence-corrected chi connectivity index (χ1v) is 7.36. The number of anilines is 1. The van der Waals surface area contributed by atoms with Gasteiger partial charge in [0.25, 0.3) is 5.56 Å². The van der Waals surface area contributed by atoms with Gasteiger partial charge < -0.3 is 9.88 Å². The maximum absolute atomic E-state index is 11.5. The molecule has 1 fully saturated rings. The van der Waals surface area contributed by atoms with Gasteiger partial charge in [0, 0.05) is 24.5 Å². The number of nitrogens with zero attached hydrogens (tertiary/aromatic N) is 1. The Hall–Kier alpha value is -1.74. The number of halogens is 1. The van der Waals surface area contributed by atoms with E-state index >= 15 is 0 Å². The van der Waals surface area contributed by atoms with E-state index in [1.807, 2.05) is 18.2 Å². The van der Waals surface area contributed by atoms with Crippen molar-refractivity contribution in [2.24, 2.45) is 0 Å². The Labute approximate surface area is 123 Å². The first kappa shape index (κ1) is 13.3. The van der Waals surface area contributed by atoms with Crippen LogP contribution in [0.4, 0.5) is 5.69 Å². The number of hydrogen-bond donors (Lipinski definition) is 1. The molecule has 20 heavy (non-hydrogen) atoms. The molecule has 2 heterocycles. The van der Waals surface area contributed by atoms with Gasteiger partial charge in [-0.25, -0.2) is 0 Å². The summed E-state index contributed by atoms with van der Waals surface area (Å²) in [5.41, 5.74) is 2.80. The molecule has 104 valence electrons. The second-order valence-corrected chi connectivity index (χ2v) is 5.55. The molecule has 0 bridgehead atoms. The van der Waals surface area contributed by atoms with Crippen molar-refractivity contribution in [3.8, 4) is 11.3 Å². The number of aromatic nitrogens is 1. The summed E-state index contributed by atoms with van der Waals surface area (Å²) in [6, 6.07) is 11.8. The summed E-state index contributed by atoms with van der Waals surface area (Å²) in [4.78, 5) is 16.7. The van der Waals surface area contributed by atoms with Crippen molar-refractivity contribution in [2.45, 2.75) is 19.3 Å². The molecule has 4 heteroatoms. The number of hydrogen-bond acceptors (Lipinski definition) is 2. The van der Waals surface area contributed by atoms with Gasteiger partial charge in [-0.1, -0.05) is 23.7 Å². The van der Waals surface area contributed by atoms with Crippen LogP contribution in [0, 0.1) is 0 Å². The van der Waals surface area contributed by atoms with Gasteiger partial charge in [-0.2, -0.15) is 0 Å². The molecule has 1 aliphatic heterocycles. The van der Waals surface area contributed by atoms with Crippen molar-refractivity contribution < 1.29 is 0 Å². The summed E-state index contributed by atoms with van der Waals surface area (Å²) in [5, 5.41) is 0.221. The van der Waals surface area contributed by atoms with E-state index in [0.29, 0.717) is 0 Å². The maximum Gasteiger partial charge on any atom is 0.267 e. The number of rotatable bonds is 2. The predicted molar refractivity (Wildman–Crippen MR) is 83.6 cm³/mol. The van der Waals surface area contributed by atoms with Crippen molar-refractivity contribution in [3.63, 3.8) is 0 Å². The topological polar surface area (TPSA) is 36.1 Å². The van der Waals surface area contributed by atoms with Gasteiger partial charge in [-0.3, -0.25) is 4.79 Å². The average molecular weight is 289 g/mol. The fourth-order valence-corrected chi connectivity index (χ4v) is 2.74. The second kappa shape index (κ2) is 5.71. The van der Waals surface area contributed by atoms with Crippen LogP contribution in [-0.2, 0) is 0 Å². The van der Waals surface area contributed by atoms with Gasteiger partial charge in [-0.15, -0.1) is 0 Å². The fourth-order valence-electron chi connectivity index (χ4n) is 2.63. The molecule has 0 saturated carbocycles. The van der Waals surface area contributed by atoms with E-state index in [1.54, 1.807) is 6.07 Å². The van der Waals surface area contributed by atoms with Gasteiger partial charge in [0.1, 0.15) is 5.02 Å². The molecule has 1 saturated heterocycles. The minimum Gasteiger partial charge on any atom is -0.372 e. The highest BCUT2D eigenvalue weighted by atomic mass is 35.5. The molecule has 0 amide bonds. The van der Waals surface area contributed by atoms with Crippen LogP contribution in [0.1, 0.15) is 19.3 Å². The zero-order chi connectivity index (χ0) is 13.9. The molecule has 0 unspecified atom stereocenters. The van der Waals surface area contributed by atoms with E-state index in [9.17, 15) is 4.79 Å². The fraction of sp³-hybridized carbons (Fsp3) is 0.312. The Morgan fingerprint density at radius 1 is 0.950 bits per heavy atom. The molecule has 1 aliphatic rings. The molecule has 0 atom stereocenters. The molecule has 0 spiro atoms. The van der Waals surface area contributed by atoms with Gasteiger partial charge in [0.15, 0.2) is 0 Å². The molecule has 1 N–H and O–H groups in total. The number of H-pyrrole nitrogens is 1. The average Bonchev–Trinajstić information content (AvgIpc) is 2.51. The SMILES string of the molecule is O=c1[nH]c(-c2ccc(N3CCCCC3)cc2)ccc1Cl. The van der Waals surface area contributed by atoms with Gasteiger partial charge in [0.2, 0.25) is 0 Å². The van der Waals surface area contributed by atoms with Crippen molar-refractivity contribution in [1.82, 2.24) is 4.98 Å². The number of benzene rings is 1. The van der Waals surface area contributed by atoms with Gasteiger partial charge >= 0.3 is 0 Å². The first-order valence-electron chi connectivity index (χ1n) is 6.98. The lowest BCUT2D eigenvalue weighted by Crippen LogP contribution is -2.29. The van der Waals surface area contributed by atoms with E-state index in [4.69, 9.17) is 11.6 Å². The normalized spacial score (nSPS) is 15.3. The molecule has 3 rings (SSSR count). The molecule has 0 radical (unpaired) electrons. The predicted octanol–water partition coefficient (Wildman–Crippen LogP) is 3.69. The number of pyridine rings is 1. The molecule has 2 aromatic rings. The monoisotopic (exact) mass is 288 g/mol. The Kier molecular flexibility index (Phi) is 3.79.